The second-order valence-electron chi connectivity index (χ2n) is 7.48. The molecule has 0 saturated carbocycles. The standard InChI is InChI=1S/C19H29NO2/c1-14(21)12-19(2,3)13-20-18(22)11-15-8-9-16-6-4-5-7-17(16)10-15/h8-10,14,21H,4-7,11-13H2,1-3H3,(H,20,22). The number of fused-ring (bicyclic) bond motifs is 1. The second-order valence-corrected chi connectivity index (χ2v) is 7.48. The van der Waals surface area contributed by atoms with E-state index in [1.54, 1.807) is 6.92 Å². The van der Waals surface area contributed by atoms with Gasteiger partial charge in [0.25, 0.3) is 0 Å². The number of hydrogen-bond donors (Lipinski definition) is 2. The summed E-state index contributed by atoms with van der Waals surface area (Å²) in [6.07, 6.45) is 5.65. The molecule has 0 bridgehead atoms. The first-order valence-electron chi connectivity index (χ1n) is 8.41. The Labute approximate surface area is 134 Å². The largest absolute Gasteiger partial charge is 0.393 e. The van der Waals surface area contributed by atoms with E-state index in [1.165, 1.54) is 30.4 Å². The number of carbonyl (C=O) groups excluding carboxylic acids is 1. The van der Waals surface area contributed by atoms with Gasteiger partial charge in [-0.1, -0.05) is 32.0 Å². The number of nitrogens with one attached hydrogen (secondary N) is 1. The topological polar surface area (TPSA) is 49.3 Å². The Kier molecular flexibility index (Phi) is 5.63. The number of rotatable bonds is 6. The minimum absolute atomic E-state index is 0.0643. The number of hydrogen-bond acceptors (Lipinski definition) is 2. The number of aliphatic hydroxyl groups excluding tert-OH is 1. The summed E-state index contributed by atoms with van der Waals surface area (Å²) in [6.45, 7) is 6.52. The molecule has 3 nitrogen and oxygen atoms in total. The maximum absolute atomic E-state index is 12.1. The van der Waals surface area contributed by atoms with Crippen molar-refractivity contribution in [2.24, 2.45) is 5.41 Å². The fourth-order valence-corrected chi connectivity index (χ4v) is 3.35. The van der Waals surface area contributed by atoms with Crippen LogP contribution < -0.4 is 5.32 Å². The van der Waals surface area contributed by atoms with Gasteiger partial charge in [-0.2, -0.15) is 0 Å². The molecule has 0 aliphatic heterocycles. The Balaban J connectivity index is 1.87. The Morgan fingerprint density at radius 3 is 2.64 bits per heavy atom. The van der Waals surface area contributed by atoms with E-state index >= 15 is 0 Å². The molecule has 2 rings (SSSR count). The van der Waals surface area contributed by atoms with Gasteiger partial charge in [-0.05, 0) is 61.1 Å². The molecule has 0 spiro atoms. The first-order valence-corrected chi connectivity index (χ1v) is 8.41. The predicted molar refractivity (Wildman–Crippen MR) is 89.9 cm³/mol. The molecule has 1 unspecified atom stereocenters. The van der Waals surface area contributed by atoms with Gasteiger partial charge in [0.2, 0.25) is 5.91 Å². The van der Waals surface area contributed by atoms with Crippen LogP contribution in [0.25, 0.3) is 0 Å². The van der Waals surface area contributed by atoms with Crippen molar-refractivity contribution in [3.8, 4) is 0 Å². The molecule has 1 aromatic carbocycles. The predicted octanol–water partition coefficient (Wildman–Crippen LogP) is 3.02. The van der Waals surface area contributed by atoms with Crippen LogP contribution in [0.1, 0.15) is 56.7 Å². The number of aliphatic hydroxyl groups is 1. The smallest absolute Gasteiger partial charge is 0.224 e. The summed E-state index contributed by atoms with van der Waals surface area (Å²) >= 11 is 0. The van der Waals surface area contributed by atoms with Crippen molar-refractivity contribution in [1.29, 1.82) is 0 Å². The van der Waals surface area contributed by atoms with Gasteiger partial charge in [0.15, 0.2) is 0 Å². The van der Waals surface area contributed by atoms with E-state index in [-0.39, 0.29) is 17.4 Å². The molecule has 0 heterocycles. The maximum Gasteiger partial charge on any atom is 0.224 e. The average Bonchev–Trinajstić information content (AvgIpc) is 2.44. The summed E-state index contributed by atoms with van der Waals surface area (Å²) in [4.78, 5) is 12.1. The molecular formula is C19H29NO2. The summed E-state index contributed by atoms with van der Waals surface area (Å²) in [7, 11) is 0. The second kappa shape index (κ2) is 7.28. The quantitative estimate of drug-likeness (QED) is 0.848. The molecule has 1 amide bonds. The Hall–Kier alpha value is -1.35. The summed E-state index contributed by atoms with van der Waals surface area (Å²) in [5, 5.41) is 12.5. The zero-order chi connectivity index (χ0) is 16.2. The van der Waals surface area contributed by atoms with E-state index in [1.807, 2.05) is 0 Å². The molecule has 122 valence electrons. The van der Waals surface area contributed by atoms with Crippen LogP contribution in [0.3, 0.4) is 0 Å². The molecule has 2 N–H and O–H groups in total. The fourth-order valence-electron chi connectivity index (χ4n) is 3.35. The normalized spacial score (nSPS) is 16.0. The highest BCUT2D eigenvalue weighted by molar-refractivity contribution is 5.78. The molecule has 0 saturated heterocycles. The average molecular weight is 303 g/mol. The minimum Gasteiger partial charge on any atom is -0.393 e. The SMILES string of the molecule is CC(O)CC(C)(C)CNC(=O)Cc1ccc2c(c1)CCCC2. The first kappa shape index (κ1) is 17.0. The monoisotopic (exact) mass is 303 g/mol. The van der Waals surface area contributed by atoms with Crippen LogP contribution in [0.2, 0.25) is 0 Å². The van der Waals surface area contributed by atoms with Gasteiger partial charge in [0.1, 0.15) is 0 Å². The van der Waals surface area contributed by atoms with E-state index in [4.69, 9.17) is 0 Å². The van der Waals surface area contributed by atoms with Gasteiger partial charge in [0.05, 0.1) is 12.5 Å². The van der Waals surface area contributed by atoms with Crippen molar-refractivity contribution in [3.63, 3.8) is 0 Å². The molecule has 0 aromatic heterocycles. The highest BCUT2D eigenvalue weighted by atomic mass is 16.3. The van der Waals surface area contributed by atoms with Crippen molar-refractivity contribution in [1.82, 2.24) is 5.32 Å². The molecule has 1 aliphatic carbocycles. The van der Waals surface area contributed by atoms with Crippen LogP contribution in [0, 0.1) is 5.41 Å². The lowest BCUT2D eigenvalue weighted by molar-refractivity contribution is -0.121. The highest BCUT2D eigenvalue weighted by Gasteiger charge is 2.21. The molecular weight excluding hydrogens is 274 g/mol. The van der Waals surface area contributed by atoms with Crippen molar-refractivity contribution in [3.05, 3.63) is 34.9 Å². The van der Waals surface area contributed by atoms with Crippen LogP contribution in [0.4, 0.5) is 0 Å². The maximum atomic E-state index is 12.1. The third kappa shape index (κ3) is 5.13. The van der Waals surface area contributed by atoms with Crippen molar-refractivity contribution in [2.45, 2.75) is 65.4 Å². The van der Waals surface area contributed by atoms with Gasteiger partial charge in [-0.25, -0.2) is 0 Å². The van der Waals surface area contributed by atoms with Gasteiger partial charge < -0.3 is 10.4 Å². The summed E-state index contributed by atoms with van der Waals surface area (Å²) in [5.41, 5.74) is 3.89. The Morgan fingerprint density at radius 2 is 1.95 bits per heavy atom. The molecule has 0 fully saturated rings. The van der Waals surface area contributed by atoms with Crippen LogP contribution in [-0.4, -0.2) is 23.7 Å². The zero-order valence-electron chi connectivity index (χ0n) is 14.1. The summed E-state index contributed by atoms with van der Waals surface area (Å²) in [5.74, 6) is 0.0643. The van der Waals surface area contributed by atoms with Crippen molar-refractivity contribution < 1.29 is 9.90 Å². The van der Waals surface area contributed by atoms with Gasteiger partial charge in [-0.15, -0.1) is 0 Å². The Bertz CT molecular complexity index is 520. The molecule has 1 aliphatic rings. The van der Waals surface area contributed by atoms with Crippen molar-refractivity contribution >= 4 is 5.91 Å². The number of carbonyl (C=O) groups is 1. The van der Waals surface area contributed by atoms with E-state index in [9.17, 15) is 9.90 Å². The van der Waals surface area contributed by atoms with Crippen LogP contribution in [0.5, 0.6) is 0 Å². The lowest BCUT2D eigenvalue weighted by Gasteiger charge is -2.26. The summed E-state index contributed by atoms with van der Waals surface area (Å²) in [6, 6.07) is 6.48. The van der Waals surface area contributed by atoms with E-state index in [0.717, 1.165) is 12.0 Å². The molecule has 3 heteroatoms. The number of benzene rings is 1. The highest BCUT2D eigenvalue weighted by Crippen LogP contribution is 2.23. The lowest BCUT2D eigenvalue weighted by Crippen LogP contribution is -2.36. The molecule has 1 aromatic rings. The van der Waals surface area contributed by atoms with Gasteiger partial charge in [-0.3, -0.25) is 4.79 Å². The van der Waals surface area contributed by atoms with Gasteiger partial charge in [0, 0.05) is 6.54 Å². The van der Waals surface area contributed by atoms with E-state index in [0.29, 0.717) is 19.4 Å². The molecule has 0 radical (unpaired) electrons. The third-order valence-electron chi connectivity index (χ3n) is 4.39. The van der Waals surface area contributed by atoms with E-state index in [2.05, 4.69) is 37.4 Å². The Morgan fingerprint density at radius 1 is 1.27 bits per heavy atom. The number of amides is 1. The molecule has 22 heavy (non-hydrogen) atoms. The van der Waals surface area contributed by atoms with Crippen LogP contribution >= 0.6 is 0 Å². The van der Waals surface area contributed by atoms with Crippen molar-refractivity contribution in [2.75, 3.05) is 6.54 Å². The third-order valence-corrected chi connectivity index (χ3v) is 4.39. The summed E-state index contributed by atoms with van der Waals surface area (Å²) < 4.78 is 0. The fraction of sp³-hybridized carbons (Fsp3) is 0.632. The van der Waals surface area contributed by atoms with Crippen LogP contribution in [0.15, 0.2) is 18.2 Å². The van der Waals surface area contributed by atoms with Gasteiger partial charge >= 0.3 is 0 Å². The molecule has 1 atom stereocenters. The van der Waals surface area contributed by atoms with Crippen LogP contribution in [-0.2, 0) is 24.1 Å². The first-order chi connectivity index (χ1) is 10.4. The number of aryl methyl sites for hydroxylation is 2. The van der Waals surface area contributed by atoms with E-state index < -0.39 is 0 Å². The minimum atomic E-state index is -0.340. The zero-order valence-corrected chi connectivity index (χ0v) is 14.1. The lowest BCUT2D eigenvalue weighted by atomic mass is 9.87.